The van der Waals surface area contributed by atoms with Crippen LogP contribution >= 0.6 is 11.6 Å². The fraction of sp³-hybridized carbons (Fsp3) is 0.409. The Morgan fingerprint density at radius 3 is 2.44 bits per heavy atom. The SMILES string of the molecule is Cc1cc(Cl)ccc1C(=O)Nc1ccc(C[N+](C)(C)C2CCOCC2)cc1. The molecule has 2 aromatic rings. The number of nitrogens with one attached hydrogen (secondary N) is 1. The summed E-state index contributed by atoms with van der Waals surface area (Å²) in [5.74, 6) is -0.116. The summed E-state index contributed by atoms with van der Waals surface area (Å²) in [7, 11) is 4.57. The topological polar surface area (TPSA) is 38.3 Å². The molecule has 0 radical (unpaired) electrons. The first-order valence-corrected chi connectivity index (χ1v) is 9.80. The fourth-order valence-corrected chi connectivity index (χ4v) is 3.98. The van der Waals surface area contributed by atoms with Gasteiger partial charge in [-0.1, -0.05) is 23.7 Å². The molecule has 1 N–H and O–H groups in total. The zero-order chi connectivity index (χ0) is 19.4. The number of hydrogen-bond donors (Lipinski definition) is 1. The van der Waals surface area contributed by atoms with E-state index in [0.717, 1.165) is 48.3 Å². The third-order valence-corrected chi connectivity index (χ3v) is 5.65. The minimum absolute atomic E-state index is 0.116. The number of anilines is 1. The van der Waals surface area contributed by atoms with Crippen molar-refractivity contribution in [2.45, 2.75) is 32.4 Å². The second-order valence-corrected chi connectivity index (χ2v) is 8.33. The van der Waals surface area contributed by atoms with E-state index in [1.165, 1.54) is 5.56 Å². The number of aryl methyl sites for hydroxylation is 1. The van der Waals surface area contributed by atoms with Crippen LogP contribution in [0.2, 0.25) is 5.02 Å². The second-order valence-electron chi connectivity index (χ2n) is 7.89. The minimum atomic E-state index is -0.116. The monoisotopic (exact) mass is 387 g/mol. The molecule has 2 aromatic carbocycles. The molecule has 1 fully saturated rings. The van der Waals surface area contributed by atoms with Crippen LogP contribution in [0.15, 0.2) is 42.5 Å². The molecule has 0 spiro atoms. The summed E-state index contributed by atoms with van der Waals surface area (Å²) in [6.07, 6.45) is 2.23. The van der Waals surface area contributed by atoms with Gasteiger partial charge in [-0.2, -0.15) is 0 Å². The van der Waals surface area contributed by atoms with E-state index in [0.29, 0.717) is 16.6 Å². The van der Waals surface area contributed by atoms with Crippen molar-refractivity contribution in [3.8, 4) is 0 Å². The number of nitrogens with zero attached hydrogens (tertiary/aromatic N) is 1. The summed E-state index contributed by atoms with van der Waals surface area (Å²) < 4.78 is 6.45. The van der Waals surface area contributed by atoms with Crippen molar-refractivity contribution in [1.29, 1.82) is 0 Å². The molecule has 144 valence electrons. The largest absolute Gasteiger partial charge is 0.381 e. The lowest BCUT2D eigenvalue weighted by atomic mass is 10.0. The van der Waals surface area contributed by atoms with E-state index in [9.17, 15) is 4.79 Å². The van der Waals surface area contributed by atoms with E-state index in [4.69, 9.17) is 16.3 Å². The maximum absolute atomic E-state index is 12.5. The molecule has 0 saturated carbocycles. The summed E-state index contributed by atoms with van der Waals surface area (Å²) in [5.41, 5.74) is 3.58. The number of carbonyl (C=O) groups excluding carboxylic acids is 1. The number of rotatable bonds is 5. The zero-order valence-corrected chi connectivity index (χ0v) is 17.1. The first-order valence-electron chi connectivity index (χ1n) is 9.42. The van der Waals surface area contributed by atoms with Crippen molar-refractivity contribution in [2.24, 2.45) is 0 Å². The number of benzene rings is 2. The van der Waals surface area contributed by atoms with Crippen LogP contribution in [0.1, 0.15) is 34.3 Å². The minimum Gasteiger partial charge on any atom is -0.381 e. The quantitative estimate of drug-likeness (QED) is 0.758. The average Bonchev–Trinajstić information content (AvgIpc) is 2.64. The van der Waals surface area contributed by atoms with Crippen molar-refractivity contribution < 1.29 is 14.0 Å². The van der Waals surface area contributed by atoms with Crippen molar-refractivity contribution in [1.82, 2.24) is 0 Å². The van der Waals surface area contributed by atoms with Crippen LogP contribution in [0.3, 0.4) is 0 Å². The highest BCUT2D eigenvalue weighted by Gasteiger charge is 2.30. The lowest BCUT2D eigenvalue weighted by Gasteiger charge is -2.40. The molecule has 3 rings (SSSR count). The van der Waals surface area contributed by atoms with Crippen molar-refractivity contribution in [3.05, 3.63) is 64.2 Å². The standard InChI is InChI=1S/C22H27ClN2O2/c1-16-14-18(23)6-9-21(16)22(26)24-19-7-4-17(5-8-19)15-25(2,3)20-10-12-27-13-11-20/h4-9,14,20H,10-13,15H2,1-3H3/p+1. The third-order valence-electron chi connectivity index (χ3n) is 5.41. The lowest BCUT2D eigenvalue weighted by Crippen LogP contribution is -2.50. The summed E-state index contributed by atoms with van der Waals surface area (Å²) in [4.78, 5) is 12.5. The van der Waals surface area contributed by atoms with Gasteiger partial charge in [0.25, 0.3) is 5.91 Å². The molecule has 1 aliphatic heterocycles. The molecule has 0 unspecified atom stereocenters. The van der Waals surface area contributed by atoms with E-state index < -0.39 is 0 Å². The predicted molar refractivity (Wildman–Crippen MR) is 110 cm³/mol. The molecule has 0 atom stereocenters. The van der Waals surface area contributed by atoms with Gasteiger partial charge in [-0.05, 0) is 42.8 Å². The number of hydrogen-bond acceptors (Lipinski definition) is 2. The van der Waals surface area contributed by atoms with Gasteiger partial charge in [-0.15, -0.1) is 0 Å². The van der Waals surface area contributed by atoms with E-state index in [2.05, 4.69) is 31.5 Å². The first kappa shape index (κ1) is 19.9. The summed E-state index contributed by atoms with van der Waals surface area (Å²) in [6, 6.07) is 14.1. The van der Waals surface area contributed by atoms with Crippen molar-refractivity contribution in [3.63, 3.8) is 0 Å². The molecule has 1 aliphatic rings. The van der Waals surface area contributed by atoms with Gasteiger partial charge >= 0.3 is 0 Å². The predicted octanol–water partition coefficient (Wildman–Crippen LogP) is 4.66. The maximum atomic E-state index is 12.5. The van der Waals surface area contributed by atoms with Crippen LogP contribution in [-0.2, 0) is 11.3 Å². The van der Waals surface area contributed by atoms with Crippen LogP contribution in [0, 0.1) is 6.92 Å². The average molecular weight is 388 g/mol. The highest BCUT2D eigenvalue weighted by molar-refractivity contribution is 6.30. The normalized spacial score (nSPS) is 15.6. The summed E-state index contributed by atoms with van der Waals surface area (Å²) in [6.45, 7) is 4.58. The molecule has 0 bridgehead atoms. The van der Waals surface area contributed by atoms with Crippen LogP contribution < -0.4 is 5.32 Å². The number of amides is 1. The summed E-state index contributed by atoms with van der Waals surface area (Å²) in [5, 5.41) is 3.61. The van der Waals surface area contributed by atoms with Crippen LogP contribution in [0.4, 0.5) is 5.69 Å². The molecular weight excluding hydrogens is 360 g/mol. The van der Waals surface area contributed by atoms with E-state index in [-0.39, 0.29) is 5.91 Å². The maximum Gasteiger partial charge on any atom is 0.255 e. The van der Waals surface area contributed by atoms with Crippen LogP contribution in [0.5, 0.6) is 0 Å². The molecule has 1 saturated heterocycles. The Morgan fingerprint density at radius 2 is 1.81 bits per heavy atom. The molecule has 4 nitrogen and oxygen atoms in total. The zero-order valence-electron chi connectivity index (χ0n) is 16.3. The Morgan fingerprint density at radius 1 is 1.15 bits per heavy atom. The van der Waals surface area contributed by atoms with E-state index >= 15 is 0 Å². The third kappa shape index (κ3) is 5.10. The smallest absolute Gasteiger partial charge is 0.255 e. The molecule has 5 heteroatoms. The van der Waals surface area contributed by atoms with Crippen LogP contribution in [-0.4, -0.2) is 43.7 Å². The molecule has 27 heavy (non-hydrogen) atoms. The van der Waals surface area contributed by atoms with Gasteiger partial charge in [0.2, 0.25) is 0 Å². The molecular formula is C22H28ClN2O2+. The van der Waals surface area contributed by atoms with Crippen molar-refractivity contribution >= 4 is 23.2 Å². The first-order chi connectivity index (χ1) is 12.8. The highest BCUT2D eigenvalue weighted by atomic mass is 35.5. The van der Waals surface area contributed by atoms with E-state index in [1.807, 2.05) is 19.1 Å². The second kappa shape index (κ2) is 8.42. The Bertz CT molecular complexity index is 796. The molecule has 1 amide bonds. The van der Waals surface area contributed by atoms with Gasteiger partial charge in [0, 0.05) is 34.7 Å². The Hall–Kier alpha value is -1.88. The van der Waals surface area contributed by atoms with Gasteiger partial charge in [0.05, 0.1) is 33.4 Å². The summed E-state index contributed by atoms with van der Waals surface area (Å²) >= 11 is 5.97. The van der Waals surface area contributed by atoms with Gasteiger partial charge in [0.15, 0.2) is 0 Å². The van der Waals surface area contributed by atoms with Crippen molar-refractivity contribution in [2.75, 3.05) is 32.6 Å². The number of ether oxygens (including phenoxy) is 1. The Labute approximate surface area is 166 Å². The van der Waals surface area contributed by atoms with Gasteiger partial charge in [0.1, 0.15) is 6.54 Å². The number of carbonyl (C=O) groups is 1. The lowest BCUT2D eigenvalue weighted by molar-refractivity contribution is -0.929. The Balaban J connectivity index is 1.63. The molecule has 0 aliphatic carbocycles. The van der Waals surface area contributed by atoms with E-state index in [1.54, 1.807) is 18.2 Å². The molecule has 1 heterocycles. The number of quaternary nitrogens is 1. The van der Waals surface area contributed by atoms with Gasteiger partial charge < -0.3 is 14.5 Å². The highest BCUT2D eigenvalue weighted by Crippen LogP contribution is 2.23. The van der Waals surface area contributed by atoms with Crippen LogP contribution in [0.25, 0.3) is 0 Å². The fourth-order valence-electron chi connectivity index (χ4n) is 3.76. The van der Waals surface area contributed by atoms with Gasteiger partial charge in [-0.25, -0.2) is 0 Å². The van der Waals surface area contributed by atoms with Gasteiger partial charge in [-0.3, -0.25) is 4.79 Å². The Kier molecular flexibility index (Phi) is 6.20. The number of halogens is 1. The molecule has 0 aromatic heterocycles.